The maximum Gasteiger partial charge on any atom is 0.322 e. The summed E-state index contributed by atoms with van der Waals surface area (Å²) in [5, 5.41) is 3.32. The minimum Gasteiger partial charge on any atom is -0.468 e. The first-order valence-corrected chi connectivity index (χ1v) is 7.96. The number of hydrogen-bond donors (Lipinski definition) is 1. The van der Waals surface area contributed by atoms with Crippen LogP contribution in [-0.4, -0.2) is 19.1 Å². The summed E-state index contributed by atoms with van der Waals surface area (Å²) in [5.74, 6) is 0.284. The molecule has 4 heteroatoms. The summed E-state index contributed by atoms with van der Waals surface area (Å²) in [6.07, 6.45) is 0.796. The van der Waals surface area contributed by atoms with E-state index in [0.717, 1.165) is 6.42 Å². The molecule has 20 heavy (non-hydrogen) atoms. The number of esters is 1. The zero-order chi connectivity index (χ0) is 15.3. The quantitative estimate of drug-likeness (QED) is 0.813. The maximum atomic E-state index is 11.8. The largest absolute Gasteiger partial charge is 0.468 e. The summed E-state index contributed by atoms with van der Waals surface area (Å²) in [6.45, 7) is 11.6. The molecule has 0 amide bonds. The molecule has 0 spiro atoms. The second-order valence-electron chi connectivity index (χ2n) is 6.60. The van der Waals surface area contributed by atoms with Gasteiger partial charge in [-0.3, -0.25) is 10.1 Å². The Balaban J connectivity index is 2.63. The van der Waals surface area contributed by atoms with Crippen molar-refractivity contribution in [3.05, 3.63) is 21.9 Å². The Morgan fingerprint density at radius 1 is 1.35 bits per heavy atom. The molecule has 0 aliphatic heterocycles. The smallest absolute Gasteiger partial charge is 0.322 e. The lowest BCUT2D eigenvalue weighted by molar-refractivity contribution is -0.143. The van der Waals surface area contributed by atoms with Crippen molar-refractivity contribution in [1.82, 2.24) is 5.32 Å². The van der Waals surface area contributed by atoms with Crippen molar-refractivity contribution in [3.63, 3.8) is 0 Å². The predicted molar refractivity (Wildman–Crippen MR) is 85.1 cm³/mol. The lowest BCUT2D eigenvalue weighted by atomic mass is 9.95. The fourth-order valence-corrected chi connectivity index (χ4v) is 2.99. The average molecular weight is 297 g/mol. The van der Waals surface area contributed by atoms with Crippen LogP contribution < -0.4 is 5.32 Å². The van der Waals surface area contributed by atoms with Crippen LogP contribution in [0.2, 0.25) is 0 Å². The number of hydrogen-bond acceptors (Lipinski definition) is 4. The van der Waals surface area contributed by atoms with E-state index in [0.29, 0.717) is 12.5 Å². The summed E-state index contributed by atoms with van der Waals surface area (Å²) in [6, 6.07) is 4.10. The van der Waals surface area contributed by atoms with Gasteiger partial charge in [-0.25, -0.2) is 0 Å². The molecule has 1 N–H and O–H groups in total. The third kappa shape index (κ3) is 5.25. The van der Waals surface area contributed by atoms with Gasteiger partial charge in [-0.2, -0.15) is 0 Å². The predicted octanol–water partition coefficient (Wildman–Crippen LogP) is 3.72. The van der Waals surface area contributed by atoms with Gasteiger partial charge >= 0.3 is 5.97 Å². The highest BCUT2D eigenvalue weighted by Gasteiger charge is 2.21. The fraction of sp³-hybridized carbons (Fsp3) is 0.688. The van der Waals surface area contributed by atoms with Gasteiger partial charge in [-0.05, 0) is 29.9 Å². The first-order chi connectivity index (χ1) is 9.24. The highest BCUT2D eigenvalue weighted by Crippen LogP contribution is 2.29. The first kappa shape index (κ1) is 17.2. The highest BCUT2D eigenvalue weighted by molar-refractivity contribution is 7.12. The molecule has 0 fully saturated rings. The third-order valence-corrected chi connectivity index (χ3v) is 4.63. The molecule has 1 aromatic rings. The fourth-order valence-electron chi connectivity index (χ4n) is 1.98. The van der Waals surface area contributed by atoms with Gasteiger partial charge < -0.3 is 4.74 Å². The zero-order valence-corrected chi connectivity index (χ0v) is 14.3. The van der Waals surface area contributed by atoms with Crippen molar-refractivity contribution >= 4 is 17.3 Å². The van der Waals surface area contributed by atoms with Crippen LogP contribution in [0.25, 0.3) is 0 Å². The Morgan fingerprint density at radius 2 is 2.00 bits per heavy atom. The van der Waals surface area contributed by atoms with E-state index in [9.17, 15) is 4.79 Å². The van der Waals surface area contributed by atoms with Crippen molar-refractivity contribution in [2.24, 2.45) is 5.92 Å². The van der Waals surface area contributed by atoms with Gasteiger partial charge in [0.15, 0.2) is 0 Å². The number of rotatable bonds is 6. The topological polar surface area (TPSA) is 38.3 Å². The van der Waals surface area contributed by atoms with E-state index in [1.807, 2.05) is 0 Å². The van der Waals surface area contributed by atoms with Crippen LogP contribution in [0.4, 0.5) is 0 Å². The second kappa shape index (κ2) is 7.23. The molecule has 114 valence electrons. The molecule has 0 saturated heterocycles. The number of thiophene rings is 1. The minimum absolute atomic E-state index is 0.175. The van der Waals surface area contributed by atoms with Crippen LogP contribution in [0.1, 0.15) is 50.8 Å². The van der Waals surface area contributed by atoms with E-state index in [4.69, 9.17) is 4.74 Å². The normalized spacial score (nSPS) is 13.6. The SMILES string of the molecule is COC(=O)C(CC(C)C)NCc1ccc(C(C)(C)C)s1. The standard InChI is InChI=1S/C16H27NO2S/c1-11(2)9-13(15(18)19-6)17-10-12-7-8-14(20-12)16(3,4)5/h7-8,11,13,17H,9-10H2,1-6H3. The van der Waals surface area contributed by atoms with Gasteiger partial charge in [0.2, 0.25) is 0 Å². The number of ether oxygens (including phenoxy) is 1. The van der Waals surface area contributed by atoms with Crippen molar-refractivity contribution in [3.8, 4) is 0 Å². The van der Waals surface area contributed by atoms with E-state index in [-0.39, 0.29) is 17.4 Å². The maximum absolute atomic E-state index is 11.8. The number of carbonyl (C=O) groups is 1. The van der Waals surface area contributed by atoms with Crippen LogP contribution in [0.5, 0.6) is 0 Å². The van der Waals surface area contributed by atoms with Crippen molar-refractivity contribution in [2.45, 2.75) is 59.0 Å². The number of carbonyl (C=O) groups excluding carboxylic acids is 1. The molecule has 1 unspecified atom stereocenters. The zero-order valence-electron chi connectivity index (χ0n) is 13.4. The molecule has 3 nitrogen and oxygen atoms in total. The van der Waals surface area contributed by atoms with Gasteiger partial charge in [0.05, 0.1) is 7.11 Å². The first-order valence-electron chi connectivity index (χ1n) is 7.14. The molecule has 0 aliphatic carbocycles. The lowest BCUT2D eigenvalue weighted by Crippen LogP contribution is -2.38. The Kier molecular flexibility index (Phi) is 6.21. The highest BCUT2D eigenvalue weighted by atomic mass is 32.1. The summed E-state index contributed by atoms with van der Waals surface area (Å²) in [4.78, 5) is 14.4. The van der Waals surface area contributed by atoms with Gasteiger partial charge in [0, 0.05) is 16.3 Å². The van der Waals surface area contributed by atoms with Crippen LogP contribution in [0.15, 0.2) is 12.1 Å². The van der Waals surface area contributed by atoms with Gasteiger partial charge in [-0.1, -0.05) is 34.6 Å². The number of nitrogens with one attached hydrogen (secondary N) is 1. The van der Waals surface area contributed by atoms with E-state index in [2.05, 4.69) is 52.1 Å². The van der Waals surface area contributed by atoms with Crippen LogP contribution in [0, 0.1) is 5.92 Å². The van der Waals surface area contributed by atoms with E-state index in [1.165, 1.54) is 16.9 Å². The molecule has 0 bridgehead atoms. The van der Waals surface area contributed by atoms with Crippen molar-refractivity contribution in [2.75, 3.05) is 7.11 Å². The monoisotopic (exact) mass is 297 g/mol. The lowest BCUT2D eigenvalue weighted by Gasteiger charge is -2.18. The van der Waals surface area contributed by atoms with Gasteiger partial charge in [0.1, 0.15) is 6.04 Å². The molecule has 1 aromatic heterocycles. The molecule has 0 radical (unpaired) electrons. The Hall–Kier alpha value is -0.870. The number of methoxy groups -OCH3 is 1. The minimum atomic E-state index is -0.222. The Bertz CT molecular complexity index is 432. The second-order valence-corrected chi connectivity index (χ2v) is 7.77. The molecular weight excluding hydrogens is 270 g/mol. The summed E-state index contributed by atoms with van der Waals surface area (Å²) in [7, 11) is 1.44. The molecular formula is C16H27NO2S. The third-order valence-electron chi connectivity index (χ3n) is 3.12. The molecule has 1 atom stereocenters. The Morgan fingerprint density at radius 3 is 2.45 bits per heavy atom. The Labute approximate surface area is 126 Å². The molecule has 1 rings (SSSR count). The van der Waals surface area contributed by atoms with Crippen LogP contribution in [-0.2, 0) is 21.5 Å². The molecule has 0 aliphatic rings. The van der Waals surface area contributed by atoms with E-state index < -0.39 is 0 Å². The molecule has 0 saturated carbocycles. The van der Waals surface area contributed by atoms with Crippen molar-refractivity contribution < 1.29 is 9.53 Å². The van der Waals surface area contributed by atoms with Gasteiger partial charge in [-0.15, -0.1) is 11.3 Å². The summed E-state index contributed by atoms with van der Waals surface area (Å²) in [5.41, 5.74) is 0.183. The van der Waals surface area contributed by atoms with E-state index >= 15 is 0 Å². The summed E-state index contributed by atoms with van der Waals surface area (Å²) < 4.78 is 4.86. The van der Waals surface area contributed by atoms with Crippen LogP contribution >= 0.6 is 11.3 Å². The van der Waals surface area contributed by atoms with E-state index in [1.54, 1.807) is 11.3 Å². The van der Waals surface area contributed by atoms with Crippen LogP contribution in [0.3, 0.4) is 0 Å². The van der Waals surface area contributed by atoms with Gasteiger partial charge in [0.25, 0.3) is 0 Å². The average Bonchev–Trinajstić information content (AvgIpc) is 2.81. The van der Waals surface area contributed by atoms with Crippen molar-refractivity contribution in [1.29, 1.82) is 0 Å². The summed E-state index contributed by atoms with van der Waals surface area (Å²) >= 11 is 1.81. The molecule has 1 heterocycles. The molecule has 0 aromatic carbocycles.